The second-order valence-corrected chi connectivity index (χ2v) is 8.89. The molecule has 0 bridgehead atoms. The van der Waals surface area contributed by atoms with Gasteiger partial charge in [-0.2, -0.15) is 0 Å². The number of nitrogens with zero attached hydrogens (tertiary/aromatic N) is 6. The molecular weight excluding hydrogens is 392 g/mol. The highest BCUT2D eigenvalue weighted by Crippen LogP contribution is 2.34. The van der Waals surface area contributed by atoms with Crippen molar-refractivity contribution in [2.45, 2.75) is 51.0 Å². The number of aromatic nitrogens is 4. The lowest BCUT2D eigenvalue weighted by atomic mass is 10.0. The van der Waals surface area contributed by atoms with Crippen molar-refractivity contribution in [3.05, 3.63) is 52.2 Å². The van der Waals surface area contributed by atoms with E-state index in [2.05, 4.69) is 10.00 Å². The van der Waals surface area contributed by atoms with E-state index in [0.717, 1.165) is 75.2 Å². The first-order valence-electron chi connectivity index (χ1n) is 11.4. The highest BCUT2D eigenvalue weighted by molar-refractivity contribution is 5.94. The Hall–Kier alpha value is -3.16. The molecule has 0 radical (unpaired) electrons. The Morgan fingerprint density at radius 1 is 1.03 bits per heavy atom. The van der Waals surface area contributed by atoms with E-state index in [9.17, 15) is 9.59 Å². The summed E-state index contributed by atoms with van der Waals surface area (Å²) in [7, 11) is 0. The lowest BCUT2D eigenvalue weighted by Gasteiger charge is -2.31. The molecule has 31 heavy (non-hydrogen) atoms. The van der Waals surface area contributed by atoms with Crippen molar-refractivity contribution >= 4 is 23.1 Å². The number of piperidine rings is 1. The third-order valence-electron chi connectivity index (χ3n) is 6.65. The molecule has 2 aliphatic heterocycles. The summed E-state index contributed by atoms with van der Waals surface area (Å²) >= 11 is 0. The summed E-state index contributed by atoms with van der Waals surface area (Å²) in [6.07, 6.45) is 10.9. The first-order valence-corrected chi connectivity index (χ1v) is 11.4. The molecule has 6 rings (SSSR count). The molecule has 8 nitrogen and oxygen atoms in total. The molecule has 3 aromatic heterocycles. The molecule has 0 N–H and O–H groups in total. The van der Waals surface area contributed by atoms with Gasteiger partial charge in [-0.1, -0.05) is 0 Å². The monoisotopic (exact) mass is 418 g/mol. The number of pyridine rings is 2. The van der Waals surface area contributed by atoms with Gasteiger partial charge in [0.25, 0.3) is 5.91 Å². The number of aryl methyl sites for hydroxylation is 1. The predicted octanol–water partition coefficient (Wildman–Crippen LogP) is 2.94. The smallest absolute Gasteiger partial charge is 0.339 e. The van der Waals surface area contributed by atoms with Gasteiger partial charge in [0, 0.05) is 43.8 Å². The minimum absolute atomic E-state index is 0.0675. The Balaban J connectivity index is 1.32. The molecule has 1 saturated carbocycles. The van der Waals surface area contributed by atoms with Gasteiger partial charge < -0.3 is 9.80 Å². The molecule has 0 aromatic carbocycles. The van der Waals surface area contributed by atoms with E-state index in [1.54, 1.807) is 21.5 Å². The van der Waals surface area contributed by atoms with E-state index in [1.165, 1.54) is 6.42 Å². The number of hydrogen-bond acceptors (Lipinski definition) is 5. The van der Waals surface area contributed by atoms with Crippen molar-refractivity contribution in [3.63, 3.8) is 0 Å². The molecule has 5 heterocycles. The molecule has 3 aromatic rings. The zero-order valence-corrected chi connectivity index (χ0v) is 17.5. The van der Waals surface area contributed by atoms with Gasteiger partial charge in [0.05, 0.1) is 11.6 Å². The predicted molar refractivity (Wildman–Crippen MR) is 117 cm³/mol. The van der Waals surface area contributed by atoms with Crippen LogP contribution in [0.3, 0.4) is 0 Å². The summed E-state index contributed by atoms with van der Waals surface area (Å²) in [6, 6.07) is 6.20. The van der Waals surface area contributed by atoms with Crippen molar-refractivity contribution in [3.8, 4) is 0 Å². The lowest BCUT2D eigenvalue weighted by molar-refractivity contribution is 0.0724. The van der Waals surface area contributed by atoms with Gasteiger partial charge in [-0.3, -0.25) is 9.20 Å². The Morgan fingerprint density at radius 3 is 2.68 bits per heavy atom. The zero-order valence-electron chi connectivity index (χ0n) is 17.5. The van der Waals surface area contributed by atoms with Gasteiger partial charge in [0.15, 0.2) is 5.65 Å². The molecule has 0 unspecified atom stereocenters. The average molecular weight is 419 g/mol. The van der Waals surface area contributed by atoms with Crippen LogP contribution in [0.4, 0.5) is 11.5 Å². The van der Waals surface area contributed by atoms with E-state index in [0.29, 0.717) is 11.2 Å². The van der Waals surface area contributed by atoms with Crippen LogP contribution in [0.1, 0.15) is 60.5 Å². The van der Waals surface area contributed by atoms with Crippen LogP contribution in [0, 0.1) is 0 Å². The average Bonchev–Trinajstić information content (AvgIpc) is 3.61. The Bertz CT molecular complexity index is 1220. The van der Waals surface area contributed by atoms with E-state index in [4.69, 9.17) is 4.98 Å². The first kappa shape index (κ1) is 18.6. The molecule has 160 valence electrons. The summed E-state index contributed by atoms with van der Waals surface area (Å²) in [5.74, 6) is 0.994. The zero-order chi connectivity index (χ0) is 20.9. The molecule has 3 aliphatic rings. The van der Waals surface area contributed by atoms with E-state index in [-0.39, 0.29) is 17.6 Å². The van der Waals surface area contributed by atoms with Crippen molar-refractivity contribution < 1.29 is 4.79 Å². The van der Waals surface area contributed by atoms with Gasteiger partial charge in [-0.25, -0.2) is 14.5 Å². The highest BCUT2D eigenvalue weighted by Gasteiger charge is 2.28. The third kappa shape index (κ3) is 3.21. The molecule has 8 heteroatoms. The van der Waals surface area contributed by atoms with Gasteiger partial charge in [0.1, 0.15) is 5.82 Å². The maximum atomic E-state index is 12.9. The number of hydrogen-bond donors (Lipinski definition) is 0. The maximum absolute atomic E-state index is 12.9. The van der Waals surface area contributed by atoms with Gasteiger partial charge in [-0.05, 0) is 62.6 Å². The van der Waals surface area contributed by atoms with Crippen molar-refractivity contribution in [1.29, 1.82) is 0 Å². The minimum Gasteiger partial charge on any atom is -0.339 e. The summed E-state index contributed by atoms with van der Waals surface area (Å²) in [5.41, 5.74) is 3.37. The van der Waals surface area contributed by atoms with Gasteiger partial charge in [0.2, 0.25) is 0 Å². The van der Waals surface area contributed by atoms with Crippen LogP contribution in [-0.2, 0) is 6.42 Å². The number of carbonyl (C=O) groups is 1. The van der Waals surface area contributed by atoms with Crippen LogP contribution in [-0.4, -0.2) is 49.6 Å². The summed E-state index contributed by atoms with van der Waals surface area (Å²) in [4.78, 5) is 34.3. The molecule has 0 atom stereocenters. The molecule has 2 fully saturated rings. The third-order valence-corrected chi connectivity index (χ3v) is 6.65. The highest BCUT2D eigenvalue weighted by atomic mass is 16.2. The normalized spacial score (nSPS) is 19.0. The second kappa shape index (κ2) is 7.21. The number of fused-ring (bicyclic) bond motifs is 2. The number of rotatable bonds is 3. The van der Waals surface area contributed by atoms with Crippen molar-refractivity contribution in [2.75, 3.05) is 24.5 Å². The number of carbonyl (C=O) groups excluding carboxylic acids is 1. The summed E-state index contributed by atoms with van der Waals surface area (Å²) < 4.78 is 3.22. The first-order chi connectivity index (χ1) is 15.2. The quantitative estimate of drug-likeness (QED) is 0.654. The Morgan fingerprint density at radius 2 is 1.87 bits per heavy atom. The van der Waals surface area contributed by atoms with Crippen LogP contribution >= 0.6 is 0 Å². The summed E-state index contributed by atoms with van der Waals surface area (Å²) in [5, 5.41) is 4.54. The fourth-order valence-electron chi connectivity index (χ4n) is 4.82. The van der Waals surface area contributed by atoms with Gasteiger partial charge >= 0.3 is 5.69 Å². The van der Waals surface area contributed by atoms with Crippen LogP contribution in [0.25, 0.3) is 5.65 Å². The van der Waals surface area contributed by atoms with E-state index < -0.39 is 0 Å². The van der Waals surface area contributed by atoms with Gasteiger partial charge in [-0.15, -0.1) is 5.10 Å². The lowest BCUT2D eigenvalue weighted by Crippen LogP contribution is -2.36. The van der Waals surface area contributed by atoms with Crippen LogP contribution < -0.4 is 10.6 Å². The SMILES string of the molecule is O=C(c1cnc2c(c1)CCCN2c1ccn2c(=O)n(C3CC3)nc2c1)N1CCCCC1. The number of anilines is 2. The fraction of sp³-hybridized carbons (Fsp3) is 0.478. The molecule has 0 spiro atoms. The Kier molecular flexibility index (Phi) is 4.33. The fourth-order valence-corrected chi connectivity index (χ4v) is 4.82. The largest absolute Gasteiger partial charge is 0.350 e. The standard InChI is InChI=1S/C23H26N6O2/c30-22(26-9-2-1-3-10-26)17-13-16-5-4-11-27(21(16)24-15-17)19-8-12-28-20(14-19)25-29(23(28)31)18-6-7-18/h8,12-15,18H,1-7,9-11H2. The van der Waals surface area contributed by atoms with Crippen molar-refractivity contribution in [2.24, 2.45) is 0 Å². The topological polar surface area (TPSA) is 75.7 Å². The number of likely N-dealkylation sites (tertiary alicyclic amines) is 1. The van der Waals surface area contributed by atoms with Crippen molar-refractivity contribution in [1.82, 2.24) is 24.1 Å². The van der Waals surface area contributed by atoms with E-state index >= 15 is 0 Å². The molecule has 1 aliphatic carbocycles. The molecular formula is C23H26N6O2. The van der Waals surface area contributed by atoms with Crippen LogP contribution in [0.5, 0.6) is 0 Å². The Labute approximate surface area is 180 Å². The molecule has 1 saturated heterocycles. The van der Waals surface area contributed by atoms with Crippen LogP contribution in [0.2, 0.25) is 0 Å². The van der Waals surface area contributed by atoms with Crippen LogP contribution in [0.15, 0.2) is 35.4 Å². The second-order valence-electron chi connectivity index (χ2n) is 8.89. The maximum Gasteiger partial charge on any atom is 0.350 e. The summed E-state index contributed by atoms with van der Waals surface area (Å²) in [6.45, 7) is 2.53. The minimum atomic E-state index is -0.0675. The number of amides is 1. The molecule has 1 amide bonds. The van der Waals surface area contributed by atoms with E-state index in [1.807, 2.05) is 23.1 Å².